The summed E-state index contributed by atoms with van der Waals surface area (Å²) in [5.41, 5.74) is 1.19. The van der Waals surface area contributed by atoms with E-state index < -0.39 is 0 Å². The maximum absolute atomic E-state index is 4.80. The fourth-order valence-corrected chi connectivity index (χ4v) is 3.77. The molecule has 2 aromatic heterocycles. The first kappa shape index (κ1) is 13.8. The second-order valence-corrected chi connectivity index (χ2v) is 6.35. The molecule has 1 saturated carbocycles. The van der Waals surface area contributed by atoms with Gasteiger partial charge in [-0.2, -0.15) is 5.10 Å². The number of thiazole rings is 1. The minimum Gasteiger partial charge on any atom is -0.309 e. The Labute approximate surface area is 124 Å². The Morgan fingerprint density at radius 1 is 1.30 bits per heavy atom. The summed E-state index contributed by atoms with van der Waals surface area (Å²) in [6, 6.07) is 1.96. The summed E-state index contributed by atoms with van der Waals surface area (Å²) in [4.78, 5) is 4.80. The normalized spacial score (nSPS) is 16.6. The number of hydrogen-bond acceptors (Lipinski definition) is 4. The zero-order chi connectivity index (χ0) is 13.6. The molecular formula is C15H22N4S. The number of rotatable bonds is 6. The third-order valence-electron chi connectivity index (χ3n) is 3.91. The average Bonchev–Trinajstić information content (AvgIpc) is 3.16. The van der Waals surface area contributed by atoms with Crippen molar-refractivity contribution in [3.63, 3.8) is 0 Å². The van der Waals surface area contributed by atoms with E-state index in [1.807, 2.05) is 34.5 Å². The summed E-state index contributed by atoms with van der Waals surface area (Å²) in [7, 11) is 0. The molecule has 1 aliphatic rings. The SMILES string of the molecule is c1cnn(CCNCc2csc(C3CCCCC3)n2)c1. The first-order valence-corrected chi connectivity index (χ1v) is 8.42. The van der Waals surface area contributed by atoms with Crippen LogP contribution in [0.3, 0.4) is 0 Å². The van der Waals surface area contributed by atoms with E-state index >= 15 is 0 Å². The molecule has 0 bridgehead atoms. The minimum atomic E-state index is 0.728. The second kappa shape index (κ2) is 6.99. The fourth-order valence-electron chi connectivity index (χ4n) is 2.78. The van der Waals surface area contributed by atoms with Gasteiger partial charge in [-0.1, -0.05) is 19.3 Å². The molecule has 0 aliphatic heterocycles. The fraction of sp³-hybridized carbons (Fsp3) is 0.600. The van der Waals surface area contributed by atoms with E-state index in [1.54, 1.807) is 0 Å². The molecule has 2 heterocycles. The lowest BCUT2D eigenvalue weighted by molar-refractivity contribution is 0.441. The molecule has 5 heteroatoms. The summed E-state index contributed by atoms with van der Waals surface area (Å²) in [5.74, 6) is 0.728. The van der Waals surface area contributed by atoms with Crippen LogP contribution < -0.4 is 5.32 Å². The summed E-state index contributed by atoms with van der Waals surface area (Å²) < 4.78 is 1.95. The highest BCUT2D eigenvalue weighted by Gasteiger charge is 2.18. The Morgan fingerprint density at radius 2 is 2.20 bits per heavy atom. The molecule has 1 N–H and O–H groups in total. The van der Waals surface area contributed by atoms with Crippen LogP contribution in [0.25, 0.3) is 0 Å². The van der Waals surface area contributed by atoms with Crippen molar-refractivity contribution in [3.05, 3.63) is 34.5 Å². The highest BCUT2D eigenvalue weighted by atomic mass is 32.1. The monoisotopic (exact) mass is 290 g/mol. The Hall–Kier alpha value is -1.20. The largest absolute Gasteiger partial charge is 0.309 e. The molecule has 108 valence electrons. The van der Waals surface area contributed by atoms with Gasteiger partial charge in [0.15, 0.2) is 0 Å². The van der Waals surface area contributed by atoms with E-state index in [1.165, 1.54) is 42.8 Å². The van der Waals surface area contributed by atoms with E-state index in [4.69, 9.17) is 4.98 Å². The third kappa shape index (κ3) is 3.67. The second-order valence-electron chi connectivity index (χ2n) is 5.46. The molecule has 3 rings (SSSR count). The van der Waals surface area contributed by atoms with Crippen molar-refractivity contribution in [1.29, 1.82) is 0 Å². The molecule has 2 aromatic rings. The number of hydrogen-bond donors (Lipinski definition) is 1. The zero-order valence-corrected chi connectivity index (χ0v) is 12.6. The van der Waals surface area contributed by atoms with Gasteiger partial charge in [0.25, 0.3) is 0 Å². The molecule has 0 saturated heterocycles. The van der Waals surface area contributed by atoms with Crippen molar-refractivity contribution in [2.45, 2.75) is 51.1 Å². The topological polar surface area (TPSA) is 42.7 Å². The van der Waals surface area contributed by atoms with Gasteiger partial charge >= 0.3 is 0 Å². The van der Waals surface area contributed by atoms with Crippen molar-refractivity contribution in [1.82, 2.24) is 20.1 Å². The Balaban J connectivity index is 1.42. The number of nitrogens with one attached hydrogen (secondary N) is 1. The molecule has 0 amide bonds. The molecule has 0 atom stereocenters. The van der Waals surface area contributed by atoms with Gasteiger partial charge in [-0.15, -0.1) is 11.3 Å². The molecule has 0 radical (unpaired) electrons. The number of aromatic nitrogens is 3. The van der Waals surface area contributed by atoms with Crippen molar-refractivity contribution in [3.8, 4) is 0 Å². The predicted octanol–water partition coefficient (Wildman–Crippen LogP) is 3.18. The Kier molecular flexibility index (Phi) is 4.82. The molecule has 1 fully saturated rings. The number of nitrogens with zero attached hydrogens (tertiary/aromatic N) is 3. The van der Waals surface area contributed by atoms with Gasteiger partial charge in [-0.05, 0) is 18.9 Å². The quantitative estimate of drug-likeness (QED) is 0.831. The van der Waals surface area contributed by atoms with Crippen LogP contribution >= 0.6 is 11.3 Å². The summed E-state index contributed by atoms with van der Waals surface area (Å²) in [6.07, 6.45) is 10.6. The van der Waals surface area contributed by atoms with Crippen LogP contribution in [0, 0.1) is 0 Å². The van der Waals surface area contributed by atoms with Gasteiger partial charge in [-0.3, -0.25) is 4.68 Å². The maximum atomic E-state index is 4.80. The lowest BCUT2D eigenvalue weighted by Crippen LogP contribution is -2.20. The van der Waals surface area contributed by atoms with Crippen LogP contribution in [0.4, 0.5) is 0 Å². The van der Waals surface area contributed by atoms with Gasteiger partial charge in [0.1, 0.15) is 0 Å². The first-order chi connectivity index (χ1) is 9.92. The van der Waals surface area contributed by atoms with Crippen molar-refractivity contribution in [2.24, 2.45) is 0 Å². The Morgan fingerprint density at radius 3 is 3.00 bits per heavy atom. The lowest BCUT2D eigenvalue weighted by Gasteiger charge is -2.18. The van der Waals surface area contributed by atoms with Crippen LogP contribution in [-0.2, 0) is 13.1 Å². The highest BCUT2D eigenvalue weighted by Crippen LogP contribution is 2.34. The van der Waals surface area contributed by atoms with Crippen LogP contribution in [-0.4, -0.2) is 21.3 Å². The van der Waals surface area contributed by atoms with Gasteiger partial charge in [0.2, 0.25) is 0 Å². The summed E-state index contributed by atoms with van der Waals surface area (Å²) >= 11 is 1.84. The molecule has 20 heavy (non-hydrogen) atoms. The van der Waals surface area contributed by atoms with Gasteiger partial charge in [0.05, 0.1) is 17.2 Å². The lowest BCUT2D eigenvalue weighted by atomic mass is 9.90. The molecule has 0 aromatic carbocycles. The molecular weight excluding hydrogens is 268 g/mol. The minimum absolute atomic E-state index is 0.728. The maximum Gasteiger partial charge on any atom is 0.0959 e. The van der Waals surface area contributed by atoms with Crippen LogP contribution in [0.15, 0.2) is 23.8 Å². The zero-order valence-electron chi connectivity index (χ0n) is 11.8. The van der Waals surface area contributed by atoms with Gasteiger partial charge in [-0.25, -0.2) is 4.98 Å². The smallest absolute Gasteiger partial charge is 0.0959 e. The summed E-state index contributed by atoms with van der Waals surface area (Å²) in [6.45, 7) is 2.70. The van der Waals surface area contributed by atoms with E-state index in [2.05, 4.69) is 15.8 Å². The van der Waals surface area contributed by atoms with Gasteiger partial charge < -0.3 is 5.32 Å². The van der Waals surface area contributed by atoms with Crippen LogP contribution in [0.1, 0.15) is 48.7 Å². The highest BCUT2D eigenvalue weighted by molar-refractivity contribution is 7.09. The van der Waals surface area contributed by atoms with Crippen LogP contribution in [0.2, 0.25) is 0 Å². The average molecular weight is 290 g/mol. The van der Waals surface area contributed by atoms with E-state index in [0.29, 0.717) is 0 Å². The van der Waals surface area contributed by atoms with E-state index in [0.717, 1.165) is 25.6 Å². The first-order valence-electron chi connectivity index (χ1n) is 7.54. The van der Waals surface area contributed by atoms with E-state index in [9.17, 15) is 0 Å². The van der Waals surface area contributed by atoms with Crippen LogP contribution in [0.5, 0.6) is 0 Å². The predicted molar refractivity (Wildman–Crippen MR) is 81.9 cm³/mol. The van der Waals surface area contributed by atoms with Crippen molar-refractivity contribution < 1.29 is 0 Å². The van der Waals surface area contributed by atoms with Crippen molar-refractivity contribution >= 4 is 11.3 Å². The van der Waals surface area contributed by atoms with Crippen molar-refractivity contribution in [2.75, 3.05) is 6.54 Å². The molecule has 0 unspecified atom stereocenters. The third-order valence-corrected chi connectivity index (χ3v) is 4.96. The standard InChI is InChI=1S/C15H22N4S/c1-2-5-13(6-3-1)15-18-14(12-20-15)11-16-8-10-19-9-4-7-17-19/h4,7,9,12-13,16H,1-3,5-6,8,10-11H2. The Bertz CT molecular complexity index is 500. The van der Waals surface area contributed by atoms with Gasteiger partial charge in [0, 0.05) is 36.8 Å². The molecule has 0 spiro atoms. The molecule has 4 nitrogen and oxygen atoms in total. The van der Waals surface area contributed by atoms with E-state index in [-0.39, 0.29) is 0 Å². The summed E-state index contributed by atoms with van der Waals surface area (Å²) in [5, 5.41) is 11.2. The molecule has 1 aliphatic carbocycles.